The molecule has 0 spiro atoms. The van der Waals surface area contributed by atoms with Crippen LogP contribution in [0.2, 0.25) is 0 Å². The van der Waals surface area contributed by atoms with Gasteiger partial charge in [0.25, 0.3) is 0 Å². The molecule has 0 aliphatic carbocycles. The monoisotopic (exact) mass is 789 g/mol. The zero-order valence-corrected chi connectivity index (χ0v) is 29.4. The van der Waals surface area contributed by atoms with Gasteiger partial charge in [-0.15, -0.1) is 0 Å². The molecule has 19 nitrogen and oxygen atoms in total. The van der Waals surface area contributed by atoms with Crippen molar-refractivity contribution >= 4 is 17.0 Å². The van der Waals surface area contributed by atoms with Crippen LogP contribution in [-0.4, -0.2) is 150 Å². The first-order valence-electron chi connectivity index (χ1n) is 17.0. The van der Waals surface area contributed by atoms with E-state index in [1.807, 2.05) is 0 Å². The van der Waals surface area contributed by atoms with Gasteiger partial charge < -0.3 is 89.7 Å². The number of aliphatic hydroxyl groups is 6. The van der Waals surface area contributed by atoms with Crippen molar-refractivity contribution in [1.29, 1.82) is 0 Å². The summed E-state index contributed by atoms with van der Waals surface area (Å²) in [6, 6.07) is 10.0. The SMILES string of the molecule is COc1cc(/C=C/COC[C@H]2OC(O[C@@H]3[C@H](O)[C@@H](O)[C@H](Oc4cc5c(O)cc(O)cc5[o+]c4-c4cc(O)c(O)c(O)c4)O[C@@H]3CO)[C@H](O)[C@@H](O)[C@@H]2O)ccc1O. The van der Waals surface area contributed by atoms with Gasteiger partial charge in [-0.25, -0.2) is 4.42 Å². The Morgan fingerprint density at radius 2 is 1.41 bits per heavy atom. The highest BCUT2D eigenvalue weighted by Gasteiger charge is 2.51. The summed E-state index contributed by atoms with van der Waals surface area (Å²) < 4.78 is 39.6. The molecule has 302 valence electrons. The second kappa shape index (κ2) is 16.9. The smallest absolute Gasteiger partial charge is 0.402 e. The molecule has 3 heterocycles. The molecule has 56 heavy (non-hydrogen) atoms. The summed E-state index contributed by atoms with van der Waals surface area (Å²) in [5.74, 6) is -3.56. The number of rotatable bonds is 12. The topological polar surface area (TPSA) is 309 Å². The van der Waals surface area contributed by atoms with E-state index in [-0.39, 0.29) is 58.5 Å². The molecule has 2 aliphatic rings. The van der Waals surface area contributed by atoms with Crippen LogP contribution < -0.4 is 9.47 Å². The second-order valence-corrected chi connectivity index (χ2v) is 13.0. The summed E-state index contributed by atoms with van der Waals surface area (Å²) in [5.41, 5.74) is 0.495. The zero-order valence-electron chi connectivity index (χ0n) is 29.4. The van der Waals surface area contributed by atoms with Gasteiger partial charge in [0.2, 0.25) is 12.0 Å². The fourth-order valence-electron chi connectivity index (χ4n) is 6.21. The van der Waals surface area contributed by atoms with E-state index in [1.165, 1.54) is 19.2 Å². The maximum absolute atomic E-state index is 11.2. The van der Waals surface area contributed by atoms with Crippen LogP contribution in [0.4, 0.5) is 0 Å². The number of phenols is 6. The predicted octanol–water partition coefficient (Wildman–Crippen LogP) is 0.364. The van der Waals surface area contributed by atoms with Crippen LogP contribution in [0.1, 0.15) is 5.56 Å². The minimum atomic E-state index is -1.97. The fourth-order valence-corrected chi connectivity index (χ4v) is 6.21. The molecule has 0 saturated carbocycles. The molecule has 6 rings (SSSR count). The van der Waals surface area contributed by atoms with Crippen molar-refractivity contribution in [3.05, 3.63) is 60.2 Å². The fraction of sp³-hybridized carbons (Fsp3) is 0.378. The van der Waals surface area contributed by atoms with Crippen LogP contribution >= 0.6 is 0 Å². The highest BCUT2D eigenvalue weighted by molar-refractivity contribution is 5.88. The van der Waals surface area contributed by atoms with Crippen LogP contribution in [0.15, 0.2) is 59.0 Å². The summed E-state index contributed by atoms with van der Waals surface area (Å²) in [7, 11) is 1.41. The lowest BCUT2D eigenvalue weighted by molar-refractivity contribution is -0.353. The number of methoxy groups -OCH3 is 1. The summed E-state index contributed by atoms with van der Waals surface area (Å²) in [4.78, 5) is 0. The van der Waals surface area contributed by atoms with Crippen molar-refractivity contribution in [3.63, 3.8) is 0 Å². The largest absolute Gasteiger partial charge is 0.507 e. The van der Waals surface area contributed by atoms with E-state index in [4.69, 9.17) is 32.8 Å². The first-order chi connectivity index (χ1) is 26.7. The highest BCUT2D eigenvalue weighted by Crippen LogP contribution is 2.45. The third-order valence-electron chi connectivity index (χ3n) is 9.18. The van der Waals surface area contributed by atoms with Crippen molar-refractivity contribution in [1.82, 2.24) is 0 Å². The van der Waals surface area contributed by atoms with Gasteiger partial charge in [-0.05, 0) is 17.7 Å². The Kier molecular flexibility index (Phi) is 12.2. The lowest BCUT2D eigenvalue weighted by atomic mass is 9.97. The van der Waals surface area contributed by atoms with Crippen molar-refractivity contribution in [2.75, 3.05) is 26.9 Å². The number of hydrogen-bond donors (Lipinski definition) is 12. The van der Waals surface area contributed by atoms with Gasteiger partial charge in [-0.2, -0.15) is 0 Å². The number of aliphatic hydroxyl groups excluding tert-OH is 6. The Morgan fingerprint density at radius 3 is 2.11 bits per heavy atom. The van der Waals surface area contributed by atoms with Gasteiger partial charge in [0.1, 0.15) is 65.7 Å². The third kappa shape index (κ3) is 8.32. The van der Waals surface area contributed by atoms with Gasteiger partial charge >= 0.3 is 11.3 Å². The third-order valence-corrected chi connectivity index (χ3v) is 9.18. The quantitative estimate of drug-likeness (QED) is 0.0524. The minimum absolute atomic E-state index is 0.0126. The van der Waals surface area contributed by atoms with Crippen molar-refractivity contribution < 1.29 is 94.1 Å². The summed E-state index contributed by atoms with van der Waals surface area (Å²) in [5, 5.41) is 125. The summed E-state index contributed by atoms with van der Waals surface area (Å²) >= 11 is 0. The average molecular weight is 790 g/mol. The molecule has 2 saturated heterocycles. The van der Waals surface area contributed by atoms with E-state index in [2.05, 4.69) is 0 Å². The number of ether oxygens (including phenoxy) is 6. The van der Waals surface area contributed by atoms with Gasteiger partial charge in [0.15, 0.2) is 35.0 Å². The van der Waals surface area contributed by atoms with Crippen LogP contribution in [0.25, 0.3) is 28.4 Å². The molecule has 1 aromatic heterocycles. The number of phenolic OH excluding ortho intramolecular Hbond substituents is 6. The van der Waals surface area contributed by atoms with Gasteiger partial charge in [0, 0.05) is 24.3 Å². The number of fused-ring (bicyclic) bond motifs is 1. The van der Waals surface area contributed by atoms with E-state index in [9.17, 15) is 61.3 Å². The van der Waals surface area contributed by atoms with Crippen LogP contribution in [-0.2, 0) is 18.9 Å². The molecule has 19 heteroatoms. The van der Waals surface area contributed by atoms with Gasteiger partial charge in [-0.3, -0.25) is 0 Å². The molecular formula is C37H41O19+. The first kappa shape index (κ1) is 40.5. The van der Waals surface area contributed by atoms with E-state index >= 15 is 0 Å². The minimum Gasteiger partial charge on any atom is -0.507 e. The molecule has 2 aliphatic heterocycles. The molecule has 4 aromatic rings. The zero-order chi connectivity index (χ0) is 40.4. The maximum atomic E-state index is 11.2. The number of aromatic hydroxyl groups is 6. The Balaban J connectivity index is 1.17. The van der Waals surface area contributed by atoms with E-state index < -0.39 is 91.0 Å². The van der Waals surface area contributed by atoms with Crippen LogP contribution in [0, 0.1) is 0 Å². The Labute approximate surface area is 316 Å². The average Bonchev–Trinajstić information content (AvgIpc) is 3.17. The number of hydrogen-bond acceptors (Lipinski definition) is 18. The van der Waals surface area contributed by atoms with E-state index in [0.717, 1.165) is 24.3 Å². The van der Waals surface area contributed by atoms with E-state index in [1.54, 1.807) is 24.3 Å². The van der Waals surface area contributed by atoms with Crippen molar-refractivity contribution in [3.8, 4) is 57.3 Å². The second-order valence-electron chi connectivity index (χ2n) is 13.0. The molecule has 3 aromatic carbocycles. The van der Waals surface area contributed by atoms with Gasteiger partial charge in [-0.1, -0.05) is 18.2 Å². The Bertz CT molecular complexity index is 2010. The van der Waals surface area contributed by atoms with Crippen LogP contribution in [0.5, 0.6) is 46.0 Å². The number of benzene rings is 3. The molecule has 0 amide bonds. The lowest BCUT2D eigenvalue weighted by Gasteiger charge is -2.45. The Hall–Kier alpha value is -5.19. The van der Waals surface area contributed by atoms with E-state index in [0.29, 0.717) is 5.56 Å². The summed E-state index contributed by atoms with van der Waals surface area (Å²) in [6.07, 6.45) is -13.9. The Morgan fingerprint density at radius 1 is 0.714 bits per heavy atom. The normalized spacial score (nSPS) is 28.1. The molecular weight excluding hydrogens is 748 g/mol. The molecule has 0 radical (unpaired) electrons. The molecule has 12 N–H and O–H groups in total. The van der Waals surface area contributed by atoms with Crippen LogP contribution in [0.3, 0.4) is 0 Å². The molecule has 10 atom stereocenters. The predicted molar refractivity (Wildman–Crippen MR) is 189 cm³/mol. The standard InChI is InChI=1S/C37H40O19/c1-50-24-7-15(4-5-19(24)40)3-2-6-51-14-27-29(45)30(46)32(48)37(55-27)56-35-26(13-38)54-36(33(49)31(35)47)53-25-12-18-20(41)10-17(39)11-23(18)52-34(25)16-8-21(42)28(44)22(43)9-16/h2-5,7-12,26-27,29-33,35-38,45-49H,6,13-14H2,1H3,(H5-,39,40,41,42,43,44)/p+1/b3-2+/t26-,27-,29-,30+,31-,32-,33-,35+,36-,37?/m1/s1. The molecule has 0 bridgehead atoms. The lowest BCUT2D eigenvalue weighted by Crippen LogP contribution is -2.65. The first-order valence-corrected chi connectivity index (χ1v) is 17.0. The maximum Gasteiger partial charge on any atom is 0.402 e. The highest BCUT2D eigenvalue weighted by atomic mass is 16.7. The van der Waals surface area contributed by atoms with Gasteiger partial charge in [0.05, 0.1) is 38.6 Å². The summed E-state index contributed by atoms with van der Waals surface area (Å²) in [6.45, 7) is -1.15. The van der Waals surface area contributed by atoms with Crippen molar-refractivity contribution in [2.45, 2.75) is 61.4 Å². The molecule has 1 unspecified atom stereocenters. The molecule has 2 fully saturated rings. The van der Waals surface area contributed by atoms with Crippen molar-refractivity contribution in [2.24, 2.45) is 0 Å².